The van der Waals surface area contributed by atoms with Crippen molar-refractivity contribution < 1.29 is 22.7 Å². The molecular weight excluding hydrogens is 333 g/mol. The van der Waals surface area contributed by atoms with Crippen molar-refractivity contribution in [2.45, 2.75) is 25.1 Å². The Morgan fingerprint density at radius 2 is 1.96 bits per heavy atom. The van der Waals surface area contributed by atoms with E-state index in [1.165, 1.54) is 35.1 Å². The van der Waals surface area contributed by atoms with E-state index in [-0.39, 0.29) is 6.42 Å². The van der Waals surface area contributed by atoms with Crippen molar-refractivity contribution in [1.29, 1.82) is 0 Å². The molecule has 8 heteroatoms. The molecule has 0 aliphatic carbocycles. The van der Waals surface area contributed by atoms with Gasteiger partial charge in [-0.15, -0.1) is 0 Å². The Hall–Kier alpha value is -2.02. The van der Waals surface area contributed by atoms with E-state index in [0.29, 0.717) is 16.1 Å². The van der Waals surface area contributed by atoms with Crippen LogP contribution in [0.1, 0.15) is 11.1 Å². The second kappa shape index (κ2) is 7.04. The maximum absolute atomic E-state index is 13.1. The Morgan fingerprint density at radius 1 is 1.30 bits per heavy atom. The zero-order valence-corrected chi connectivity index (χ0v) is 12.9. The van der Waals surface area contributed by atoms with Crippen LogP contribution in [0.3, 0.4) is 0 Å². The average molecular weight is 347 g/mol. The molecule has 0 fully saturated rings. The van der Waals surface area contributed by atoms with Crippen molar-refractivity contribution in [2.24, 2.45) is 7.05 Å². The first kappa shape index (κ1) is 17.3. The van der Waals surface area contributed by atoms with E-state index in [0.717, 1.165) is 0 Å². The summed E-state index contributed by atoms with van der Waals surface area (Å²) in [5.41, 5.74) is 0.871. The first-order chi connectivity index (χ1) is 10.7. The highest BCUT2D eigenvalue weighted by Gasteiger charge is 2.42. The summed E-state index contributed by atoms with van der Waals surface area (Å²) in [7, 11) is 1.65. The molecule has 124 valence electrons. The van der Waals surface area contributed by atoms with Crippen LogP contribution >= 0.6 is 11.6 Å². The molecule has 1 heterocycles. The summed E-state index contributed by atoms with van der Waals surface area (Å²) in [6.45, 7) is 0. The van der Waals surface area contributed by atoms with Crippen molar-refractivity contribution in [3.63, 3.8) is 0 Å². The summed E-state index contributed by atoms with van der Waals surface area (Å²) in [5.74, 6) is -0.950. The maximum Gasteiger partial charge on any atom is 0.425 e. The van der Waals surface area contributed by atoms with Crippen LogP contribution in [0.15, 0.2) is 36.7 Å². The number of hydrogen-bond acceptors (Lipinski definition) is 3. The van der Waals surface area contributed by atoms with Gasteiger partial charge in [0.15, 0.2) is 0 Å². The lowest BCUT2D eigenvalue weighted by molar-refractivity contribution is -0.220. The number of halogens is 4. The third-order valence-electron chi connectivity index (χ3n) is 3.08. The Balaban J connectivity index is 2.03. The Labute approximate surface area is 135 Å². The molecule has 1 atom stereocenters. The molecule has 1 aromatic heterocycles. The molecule has 0 aliphatic rings. The first-order valence-corrected chi connectivity index (χ1v) is 7.10. The molecule has 0 aliphatic heterocycles. The van der Waals surface area contributed by atoms with Crippen molar-refractivity contribution in [2.75, 3.05) is 0 Å². The molecule has 1 unspecified atom stereocenters. The van der Waals surface area contributed by atoms with Gasteiger partial charge < -0.3 is 4.74 Å². The van der Waals surface area contributed by atoms with Crippen LogP contribution in [-0.2, 0) is 29.4 Å². The second-order valence-electron chi connectivity index (χ2n) is 5.05. The number of nitrogens with zero attached hydrogens (tertiary/aromatic N) is 2. The number of carbonyl (C=O) groups excluding carboxylic acids is 1. The van der Waals surface area contributed by atoms with Gasteiger partial charge >= 0.3 is 12.1 Å². The zero-order chi connectivity index (χ0) is 17.0. The number of benzene rings is 1. The second-order valence-corrected chi connectivity index (χ2v) is 5.49. The molecule has 0 N–H and O–H groups in total. The monoisotopic (exact) mass is 346 g/mol. The fourth-order valence-corrected chi connectivity index (χ4v) is 2.11. The molecule has 0 amide bonds. The van der Waals surface area contributed by atoms with E-state index < -0.39 is 24.7 Å². The molecule has 0 bridgehead atoms. The smallest absolute Gasteiger partial charge is 0.425 e. The van der Waals surface area contributed by atoms with Gasteiger partial charge in [0.2, 0.25) is 6.10 Å². The molecule has 23 heavy (non-hydrogen) atoms. The highest BCUT2D eigenvalue weighted by atomic mass is 35.5. The van der Waals surface area contributed by atoms with Crippen LogP contribution in [0, 0.1) is 0 Å². The topological polar surface area (TPSA) is 44.1 Å². The molecular formula is C15H14ClF3N2O2. The van der Waals surface area contributed by atoms with E-state index in [4.69, 9.17) is 11.6 Å². The maximum atomic E-state index is 13.1. The van der Waals surface area contributed by atoms with Crippen LogP contribution in [0.5, 0.6) is 0 Å². The molecule has 2 aromatic rings. The quantitative estimate of drug-likeness (QED) is 0.780. The number of rotatable bonds is 5. The third kappa shape index (κ3) is 5.28. The third-order valence-corrected chi connectivity index (χ3v) is 3.33. The van der Waals surface area contributed by atoms with E-state index in [9.17, 15) is 18.0 Å². The standard InChI is InChI=1S/C15H14ClF3N2O2/c1-21-9-11(8-20-21)7-14(22)23-13(15(17,18)19)6-10-2-4-12(16)5-3-10/h2-5,8-9,13H,6-7H2,1H3. The number of alkyl halides is 3. The van der Waals surface area contributed by atoms with Gasteiger partial charge in [-0.3, -0.25) is 9.48 Å². The van der Waals surface area contributed by atoms with Gasteiger partial charge in [-0.1, -0.05) is 23.7 Å². The van der Waals surface area contributed by atoms with Gasteiger partial charge in [0.25, 0.3) is 0 Å². The van der Waals surface area contributed by atoms with E-state index in [1.807, 2.05) is 0 Å². The summed E-state index contributed by atoms with van der Waals surface area (Å²) in [5, 5.41) is 4.27. The summed E-state index contributed by atoms with van der Waals surface area (Å²) in [4.78, 5) is 11.7. The minimum Gasteiger partial charge on any atom is -0.452 e. The summed E-state index contributed by atoms with van der Waals surface area (Å²) < 4.78 is 45.3. The van der Waals surface area contributed by atoms with Crippen LogP contribution < -0.4 is 0 Å². The van der Waals surface area contributed by atoms with Gasteiger partial charge in [-0.25, -0.2) is 0 Å². The molecule has 4 nitrogen and oxygen atoms in total. The number of ether oxygens (including phenoxy) is 1. The molecule has 0 saturated carbocycles. The summed E-state index contributed by atoms with van der Waals surface area (Å²) in [6.07, 6.45) is -4.62. The Bertz CT molecular complexity index is 668. The number of esters is 1. The predicted octanol–water partition coefficient (Wildman–Crippen LogP) is 3.33. The predicted molar refractivity (Wildman–Crippen MR) is 78.0 cm³/mol. The zero-order valence-electron chi connectivity index (χ0n) is 12.2. The summed E-state index contributed by atoms with van der Waals surface area (Å²) >= 11 is 5.70. The average Bonchev–Trinajstić information content (AvgIpc) is 2.84. The van der Waals surface area contributed by atoms with Crippen molar-refractivity contribution in [3.05, 3.63) is 52.8 Å². The lowest BCUT2D eigenvalue weighted by Gasteiger charge is -2.20. The Morgan fingerprint density at radius 3 is 2.48 bits per heavy atom. The van der Waals surface area contributed by atoms with Crippen molar-refractivity contribution >= 4 is 17.6 Å². The lowest BCUT2D eigenvalue weighted by Crippen LogP contribution is -2.36. The van der Waals surface area contributed by atoms with Crippen molar-refractivity contribution in [1.82, 2.24) is 9.78 Å². The molecule has 1 aromatic carbocycles. The lowest BCUT2D eigenvalue weighted by atomic mass is 10.1. The minimum atomic E-state index is -4.65. The molecule has 0 spiro atoms. The van der Waals surface area contributed by atoms with Gasteiger partial charge in [0, 0.05) is 30.3 Å². The number of hydrogen-bond donors (Lipinski definition) is 0. The minimum absolute atomic E-state index is 0.263. The highest BCUT2D eigenvalue weighted by Crippen LogP contribution is 2.27. The number of aromatic nitrogens is 2. The summed E-state index contributed by atoms with van der Waals surface area (Å²) in [6, 6.07) is 5.91. The van der Waals surface area contributed by atoms with Gasteiger partial charge in [0.05, 0.1) is 12.6 Å². The number of carbonyl (C=O) groups is 1. The van der Waals surface area contributed by atoms with E-state index in [2.05, 4.69) is 9.84 Å². The largest absolute Gasteiger partial charge is 0.452 e. The molecule has 0 saturated heterocycles. The molecule has 2 rings (SSSR count). The number of aryl methyl sites for hydroxylation is 1. The normalized spacial score (nSPS) is 12.9. The molecule has 0 radical (unpaired) electrons. The van der Waals surface area contributed by atoms with Gasteiger partial charge in [-0.05, 0) is 17.7 Å². The van der Waals surface area contributed by atoms with Crippen LogP contribution in [0.2, 0.25) is 5.02 Å². The van der Waals surface area contributed by atoms with Gasteiger partial charge in [-0.2, -0.15) is 18.3 Å². The van der Waals surface area contributed by atoms with E-state index in [1.54, 1.807) is 13.2 Å². The Kier molecular flexibility index (Phi) is 5.30. The van der Waals surface area contributed by atoms with E-state index >= 15 is 0 Å². The van der Waals surface area contributed by atoms with Crippen molar-refractivity contribution in [3.8, 4) is 0 Å². The fraction of sp³-hybridized carbons (Fsp3) is 0.333. The highest BCUT2D eigenvalue weighted by molar-refractivity contribution is 6.30. The van der Waals surface area contributed by atoms with Crippen LogP contribution in [-0.4, -0.2) is 28.0 Å². The fourth-order valence-electron chi connectivity index (χ4n) is 1.99. The van der Waals surface area contributed by atoms with Crippen LogP contribution in [0.25, 0.3) is 0 Å². The van der Waals surface area contributed by atoms with Gasteiger partial charge in [0.1, 0.15) is 0 Å². The van der Waals surface area contributed by atoms with Crippen LogP contribution in [0.4, 0.5) is 13.2 Å². The SMILES string of the molecule is Cn1cc(CC(=O)OC(Cc2ccc(Cl)cc2)C(F)(F)F)cn1. The first-order valence-electron chi connectivity index (χ1n) is 6.72.